The monoisotopic (exact) mass is 416 g/mol. The Balaban J connectivity index is 1.37. The molecule has 0 saturated carbocycles. The van der Waals surface area contributed by atoms with Gasteiger partial charge in [-0.3, -0.25) is 4.98 Å². The van der Waals surface area contributed by atoms with Gasteiger partial charge in [0.2, 0.25) is 0 Å². The van der Waals surface area contributed by atoms with E-state index in [1.807, 2.05) is 49.6 Å². The fourth-order valence-corrected chi connectivity index (χ4v) is 3.34. The van der Waals surface area contributed by atoms with Gasteiger partial charge >= 0.3 is 0 Å². The normalized spacial score (nSPS) is 11.6. The molecule has 0 radical (unpaired) electrons. The average molecular weight is 417 g/mol. The first-order valence-electron chi connectivity index (χ1n) is 10.4. The molecule has 7 heteroatoms. The van der Waals surface area contributed by atoms with Crippen molar-refractivity contribution in [2.75, 3.05) is 13.1 Å². The number of aromatic nitrogens is 3. The zero-order valence-electron chi connectivity index (χ0n) is 17.4. The molecule has 31 heavy (non-hydrogen) atoms. The van der Waals surface area contributed by atoms with E-state index in [-0.39, 0.29) is 5.82 Å². The molecule has 0 saturated heterocycles. The van der Waals surface area contributed by atoms with E-state index in [0.717, 1.165) is 46.8 Å². The molecule has 4 aromatic rings. The second-order valence-corrected chi connectivity index (χ2v) is 7.09. The minimum atomic E-state index is -0.254. The minimum Gasteiger partial charge on any atom is -0.357 e. The third-order valence-corrected chi connectivity index (χ3v) is 4.90. The smallest absolute Gasteiger partial charge is 0.191 e. The summed E-state index contributed by atoms with van der Waals surface area (Å²) in [5.41, 5.74) is 3.90. The van der Waals surface area contributed by atoms with E-state index in [4.69, 9.17) is 4.99 Å². The number of nitrogens with one attached hydrogen (secondary N) is 2. The van der Waals surface area contributed by atoms with Gasteiger partial charge in [0, 0.05) is 37.3 Å². The van der Waals surface area contributed by atoms with Crippen LogP contribution in [0.4, 0.5) is 4.39 Å². The molecule has 2 aromatic heterocycles. The molecule has 2 aromatic carbocycles. The Bertz CT molecular complexity index is 1160. The molecule has 6 nitrogen and oxygen atoms in total. The van der Waals surface area contributed by atoms with Crippen LogP contribution in [-0.2, 0) is 13.0 Å². The summed E-state index contributed by atoms with van der Waals surface area (Å²) in [5, 5.41) is 12.3. The number of para-hydroxylation sites is 1. The topological polar surface area (TPSA) is 67.1 Å². The first-order valence-corrected chi connectivity index (χ1v) is 10.4. The van der Waals surface area contributed by atoms with Gasteiger partial charge in [0.1, 0.15) is 5.82 Å². The van der Waals surface area contributed by atoms with Crippen molar-refractivity contribution in [3.63, 3.8) is 0 Å². The van der Waals surface area contributed by atoms with E-state index in [2.05, 4.69) is 26.8 Å². The molecule has 0 spiro atoms. The summed E-state index contributed by atoms with van der Waals surface area (Å²) in [6.45, 7) is 4.09. The predicted molar refractivity (Wildman–Crippen MR) is 122 cm³/mol. The van der Waals surface area contributed by atoms with Gasteiger partial charge in [-0.2, -0.15) is 5.10 Å². The first-order chi connectivity index (χ1) is 15.2. The van der Waals surface area contributed by atoms with Crippen LogP contribution in [0.1, 0.15) is 18.2 Å². The van der Waals surface area contributed by atoms with Crippen molar-refractivity contribution in [1.29, 1.82) is 0 Å². The lowest BCUT2D eigenvalue weighted by molar-refractivity contribution is 0.627. The van der Waals surface area contributed by atoms with Gasteiger partial charge in [-0.1, -0.05) is 18.2 Å². The molecule has 0 aliphatic carbocycles. The van der Waals surface area contributed by atoms with E-state index in [0.29, 0.717) is 13.1 Å². The highest BCUT2D eigenvalue weighted by molar-refractivity contribution is 5.83. The number of hydrogen-bond donors (Lipinski definition) is 2. The molecule has 0 aliphatic rings. The molecule has 2 heterocycles. The van der Waals surface area contributed by atoms with Gasteiger partial charge in [0.15, 0.2) is 5.96 Å². The second kappa shape index (κ2) is 9.84. The number of rotatable bonds is 7. The fraction of sp³-hybridized carbons (Fsp3) is 0.208. The Morgan fingerprint density at radius 1 is 1.03 bits per heavy atom. The van der Waals surface area contributed by atoms with Crippen molar-refractivity contribution in [2.45, 2.75) is 19.9 Å². The molecule has 0 fully saturated rings. The molecule has 0 aliphatic heterocycles. The molecule has 4 rings (SSSR count). The lowest BCUT2D eigenvalue weighted by Crippen LogP contribution is -2.38. The van der Waals surface area contributed by atoms with E-state index < -0.39 is 0 Å². The maximum absolute atomic E-state index is 13.1. The number of guanidine groups is 1. The largest absolute Gasteiger partial charge is 0.357 e. The van der Waals surface area contributed by atoms with Crippen LogP contribution >= 0.6 is 0 Å². The molecular formula is C24H25FN6. The highest BCUT2D eigenvalue weighted by Gasteiger charge is 2.04. The van der Waals surface area contributed by atoms with Crippen LogP contribution in [0.3, 0.4) is 0 Å². The Kier molecular flexibility index (Phi) is 6.52. The molecule has 0 amide bonds. The summed E-state index contributed by atoms with van der Waals surface area (Å²) >= 11 is 0. The van der Waals surface area contributed by atoms with Crippen LogP contribution in [0.2, 0.25) is 0 Å². The molecule has 158 valence electrons. The van der Waals surface area contributed by atoms with E-state index in [9.17, 15) is 4.39 Å². The van der Waals surface area contributed by atoms with Gasteiger partial charge in [-0.05, 0) is 55.0 Å². The van der Waals surface area contributed by atoms with Crippen molar-refractivity contribution in [3.05, 3.63) is 90.1 Å². The Morgan fingerprint density at radius 3 is 2.71 bits per heavy atom. The molecule has 0 unspecified atom stereocenters. The molecule has 0 bridgehead atoms. The molecule has 2 N–H and O–H groups in total. The maximum atomic E-state index is 13.1. The summed E-state index contributed by atoms with van der Waals surface area (Å²) in [4.78, 5) is 9.14. The summed E-state index contributed by atoms with van der Waals surface area (Å²) < 4.78 is 14.9. The molecule has 0 atom stereocenters. The summed E-state index contributed by atoms with van der Waals surface area (Å²) in [7, 11) is 0. The van der Waals surface area contributed by atoms with E-state index in [1.165, 1.54) is 12.1 Å². The minimum absolute atomic E-state index is 0.254. The van der Waals surface area contributed by atoms with Crippen LogP contribution in [0.5, 0.6) is 0 Å². The number of benzene rings is 2. The number of nitrogens with zero attached hydrogens (tertiary/aromatic N) is 4. The Morgan fingerprint density at radius 2 is 1.87 bits per heavy atom. The zero-order chi connectivity index (χ0) is 21.5. The van der Waals surface area contributed by atoms with E-state index in [1.54, 1.807) is 16.8 Å². The van der Waals surface area contributed by atoms with Crippen molar-refractivity contribution >= 4 is 16.9 Å². The highest BCUT2D eigenvalue weighted by Crippen LogP contribution is 2.16. The lowest BCUT2D eigenvalue weighted by atomic mass is 10.1. The lowest BCUT2D eigenvalue weighted by Gasteiger charge is -2.11. The van der Waals surface area contributed by atoms with Crippen molar-refractivity contribution in [2.24, 2.45) is 4.99 Å². The third-order valence-electron chi connectivity index (χ3n) is 4.90. The summed E-state index contributed by atoms with van der Waals surface area (Å²) in [5.74, 6) is 0.511. The van der Waals surface area contributed by atoms with Crippen LogP contribution in [-0.4, -0.2) is 33.8 Å². The van der Waals surface area contributed by atoms with Gasteiger partial charge in [-0.15, -0.1) is 0 Å². The summed E-state index contributed by atoms with van der Waals surface area (Å²) in [6.07, 6.45) is 4.46. The number of fused-ring (bicyclic) bond motifs is 1. The highest BCUT2D eigenvalue weighted by atomic mass is 19.1. The van der Waals surface area contributed by atoms with Gasteiger partial charge in [0.05, 0.1) is 23.4 Å². The van der Waals surface area contributed by atoms with Gasteiger partial charge in [-0.25, -0.2) is 14.1 Å². The Hall–Kier alpha value is -3.74. The Labute approximate surface area is 180 Å². The zero-order valence-corrected chi connectivity index (χ0v) is 17.4. The van der Waals surface area contributed by atoms with Crippen LogP contribution in [0.25, 0.3) is 16.6 Å². The van der Waals surface area contributed by atoms with Gasteiger partial charge in [0.25, 0.3) is 0 Å². The quantitative estimate of drug-likeness (QED) is 0.355. The van der Waals surface area contributed by atoms with Gasteiger partial charge < -0.3 is 10.6 Å². The van der Waals surface area contributed by atoms with Crippen molar-refractivity contribution < 1.29 is 4.39 Å². The SMILES string of the molecule is CCNC(=NCc1ccnc2ccccc12)NCCc1ccn(-c2ccc(F)cc2)n1. The van der Waals surface area contributed by atoms with Crippen LogP contribution in [0, 0.1) is 5.82 Å². The average Bonchev–Trinajstić information content (AvgIpc) is 3.27. The number of halogens is 1. The van der Waals surface area contributed by atoms with Crippen LogP contribution in [0.15, 0.2) is 78.0 Å². The summed E-state index contributed by atoms with van der Waals surface area (Å²) in [6, 6.07) is 18.4. The van der Waals surface area contributed by atoms with Crippen molar-refractivity contribution in [1.82, 2.24) is 25.4 Å². The number of hydrogen-bond acceptors (Lipinski definition) is 3. The third kappa shape index (κ3) is 5.25. The van der Waals surface area contributed by atoms with Crippen molar-refractivity contribution in [3.8, 4) is 5.69 Å². The number of aliphatic imine (C=N–C) groups is 1. The maximum Gasteiger partial charge on any atom is 0.191 e. The van der Waals surface area contributed by atoms with Crippen LogP contribution < -0.4 is 10.6 Å². The number of pyridine rings is 1. The fourth-order valence-electron chi connectivity index (χ4n) is 3.34. The first kappa shape index (κ1) is 20.5. The predicted octanol–water partition coefficient (Wildman–Crippen LogP) is 3.86. The standard InChI is InChI=1S/C24H25FN6/c1-2-26-24(29-17-18-11-14-27-23-6-4-3-5-22(18)23)28-15-12-20-13-16-31(30-20)21-9-7-19(25)8-10-21/h3-11,13-14,16H,2,12,15,17H2,1H3,(H2,26,28,29). The molecular weight excluding hydrogens is 391 g/mol. The second-order valence-electron chi connectivity index (χ2n) is 7.09. The van der Waals surface area contributed by atoms with E-state index >= 15 is 0 Å².